The monoisotopic (exact) mass is 594 g/mol. The van der Waals surface area contributed by atoms with Gasteiger partial charge in [0.25, 0.3) is 0 Å². The first-order valence-electron chi connectivity index (χ1n) is 14.4. The topological polar surface area (TPSA) is 105 Å². The molecule has 2 aliphatic heterocycles. The minimum Gasteiger partial charge on any atom is -0.457 e. The average molecular weight is 595 g/mol. The zero-order valence-corrected chi connectivity index (χ0v) is 23.6. The summed E-state index contributed by atoms with van der Waals surface area (Å²) in [5.74, 6) is -0.638. The smallest absolute Gasteiger partial charge is 0.347 e. The lowest BCUT2D eigenvalue weighted by atomic mass is 9.70. The summed E-state index contributed by atoms with van der Waals surface area (Å²) in [4.78, 5) is 47.5. The summed E-state index contributed by atoms with van der Waals surface area (Å²) in [7, 11) is 0. The highest BCUT2D eigenvalue weighted by Crippen LogP contribution is 2.49. The van der Waals surface area contributed by atoms with Crippen molar-refractivity contribution in [1.82, 2.24) is 0 Å². The quantitative estimate of drug-likeness (QED) is 0.151. The predicted molar refractivity (Wildman–Crippen MR) is 160 cm³/mol. The molecule has 0 bridgehead atoms. The normalized spacial score (nSPS) is 15.6. The van der Waals surface area contributed by atoms with Crippen LogP contribution in [-0.2, 0) is 21.3 Å². The number of ether oxygens (including phenoxy) is 4. The van der Waals surface area contributed by atoms with Gasteiger partial charge in [-0.3, -0.25) is 0 Å². The van der Waals surface area contributed by atoms with Gasteiger partial charge in [-0.1, -0.05) is 48.5 Å². The number of fused-ring (bicyclic) bond motifs is 3. The SMILES string of the molecule is O=C1OC(=O)c2cc(Oc3ccc(C4(c5ccc(Oc6ccc7c(c6)C(=O)OC7=O)cc5)CCc5ccccc54)cc3)ccc21. The van der Waals surface area contributed by atoms with Gasteiger partial charge in [0, 0.05) is 5.41 Å². The number of hydrogen-bond acceptors (Lipinski definition) is 8. The second kappa shape index (κ2) is 10.0. The standard InChI is InChI=1S/C37H22O8/c38-33-28-15-13-26(19-30(28)35(40)44-33)42-24-9-5-22(6-10-24)37(18-17-21-3-1-2-4-32(21)37)23-7-11-25(12-8-23)43-27-14-16-29-31(20-27)36(41)45-34(29)39/h1-16,19-20H,17-18H2. The van der Waals surface area contributed by atoms with Crippen LogP contribution in [0.4, 0.5) is 0 Å². The van der Waals surface area contributed by atoms with Crippen molar-refractivity contribution >= 4 is 23.9 Å². The van der Waals surface area contributed by atoms with Crippen molar-refractivity contribution in [3.05, 3.63) is 154 Å². The maximum atomic E-state index is 12.0. The van der Waals surface area contributed by atoms with Gasteiger partial charge in [0.05, 0.1) is 22.3 Å². The van der Waals surface area contributed by atoms with Crippen LogP contribution < -0.4 is 9.47 Å². The zero-order chi connectivity index (χ0) is 30.7. The lowest BCUT2D eigenvalue weighted by molar-refractivity contribution is 0.0425. The Balaban J connectivity index is 1.10. The first-order valence-corrected chi connectivity index (χ1v) is 14.4. The molecule has 5 aromatic rings. The van der Waals surface area contributed by atoms with Crippen LogP contribution in [0.1, 0.15) is 70.1 Å². The summed E-state index contributed by atoms with van der Waals surface area (Å²) in [6.07, 6.45) is 1.79. The molecule has 3 aliphatic rings. The molecule has 0 atom stereocenters. The number of esters is 4. The minimum absolute atomic E-state index is 0.192. The number of cyclic esters (lactones) is 4. The van der Waals surface area contributed by atoms with Crippen LogP contribution in [-0.4, -0.2) is 23.9 Å². The Morgan fingerprint density at radius 3 is 1.44 bits per heavy atom. The lowest BCUT2D eigenvalue weighted by Crippen LogP contribution is -2.26. The molecule has 218 valence electrons. The number of rotatable bonds is 6. The summed E-state index contributed by atoms with van der Waals surface area (Å²) < 4.78 is 21.4. The average Bonchev–Trinajstić information content (AvgIpc) is 3.68. The molecule has 45 heavy (non-hydrogen) atoms. The van der Waals surface area contributed by atoms with Crippen molar-refractivity contribution in [1.29, 1.82) is 0 Å². The fourth-order valence-electron chi connectivity index (χ4n) is 6.52. The largest absolute Gasteiger partial charge is 0.457 e. The molecule has 0 unspecified atom stereocenters. The Hall–Kier alpha value is -6.02. The number of benzene rings is 5. The maximum Gasteiger partial charge on any atom is 0.347 e. The van der Waals surface area contributed by atoms with Gasteiger partial charge in [0.15, 0.2) is 0 Å². The van der Waals surface area contributed by atoms with E-state index >= 15 is 0 Å². The van der Waals surface area contributed by atoms with E-state index in [0.717, 1.165) is 24.0 Å². The van der Waals surface area contributed by atoms with Crippen LogP contribution in [0.25, 0.3) is 0 Å². The molecule has 2 heterocycles. The van der Waals surface area contributed by atoms with Crippen molar-refractivity contribution in [2.24, 2.45) is 0 Å². The van der Waals surface area contributed by atoms with Crippen molar-refractivity contribution < 1.29 is 38.1 Å². The van der Waals surface area contributed by atoms with Gasteiger partial charge in [-0.2, -0.15) is 0 Å². The van der Waals surface area contributed by atoms with Crippen LogP contribution in [0.5, 0.6) is 23.0 Å². The predicted octanol–water partition coefficient (Wildman–Crippen LogP) is 7.17. The highest BCUT2D eigenvalue weighted by molar-refractivity contribution is 6.15. The molecule has 5 aromatic carbocycles. The molecule has 0 saturated carbocycles. The van der Waals surface area contributed by atoms with E-state index in [-0.39, 0.29) is 22.3 Å². The molecule has 0 fully saturated rings. The fourth-order valence-corrected chi connectivity index (χ4v) is 6.52. The molecule has 0 saturated heterocycles. The molecule has 0 spiro atoms. The summed E-state index contributed by atoms with van der Waals surface area (Å²) in [6.45, 7) is 0. The Labute approximate surface area is 256 Å². The summed E-state index contributed by atoms with van der Waals surface area (Å²) in [5.41, 5.74) is 5.14. The number of aryl methyl sites for hydroxylation is 1. The van der Waals surface area contributed by atoms with Crippen LogP contribution in [0.15, 0.2) is 109 Å². The van der Waals surface area contributed by atoms with E-state index in [1.807, 2.05) is 24.3 Å². The van der Waals surface area contributed by atoms with Gasteiger partial charge in [-0.05, 0) is 95.8 Å². The van der Waals surface area contributed by atoms with Crippen LogP contribution in [0, 0.1) is 0 Å². The van der Waals surface area contributed by atoms with Crippen LogP contribution >= 0.6 is 0 Å². The van der Waals surface area contributed by atoms with E-state index in [9.17, 15) is 19.2 Å². The van der Waals surface area contributed by atoms with E-state index in [1.54, 1.807) is 12.1 Å². The third kappa shape index (κ3) is 4.30. The first-order chi connectivity index (χ1) is 21.9. The molecule has 8 nitrogen and oxygen atoms in total. The molecule has 0 aromatic heterocycles. The zero-order valence-electron chi connectivity index (χ0n) is 23.6. The van der Waals surface area contributed by atoms with Gasteiger partial charge in [0.2, 0.25) is 0 Å². The van der Waals surface area contributed by atoms with Crippen LogP contribution in [0.2, 0.25) is 0 Å². The van der Waals surface area contributed by atoms with Crippen molar-refractivity contribution in [2.75, 3.05) is 0 Å². The molecular formula is C37H22O8. The van der Waals surface area contributed by atoms with Crippen molar-refractivity contribution in [3.8, 4) is 23.0 Å². The molecule has 8 rings (SSSR count). The Kier molecular flexibility index (Phi) is 5.92. The van der Waals surface area contributed by atoms with E-state index in [0.29, 0.717) is 23.0 Å². The Bertz CT molecular complexity index is 1950. The summed E-state index contributed by atoms with van der Waals surface area (Å²) in [6, 6.07) is 33.6. The number of hydrogen-bond donors (Lipinski definition) is 0. The van der Waals surface area contributed by atoms with Gasteiger partial charge in [0.1, 0.15) is 23.0 Å². The van der Waals surface area contributed by atoms with Gasteiger partial charge in [-0.15, -0.1) is 0 Å². The van der Waals surface area contributed by atoms with Gasteiger partial charge >= 0.3 is 23.9 Å². The summed E-state index contributed by atoms with van der Waals surface area (Å²) >= 11 is 0. The van der Waals surface area contributed by atoms with E-state index in [4.69, 9.17) is 9.47 Å². The Morgan fingerprint density at radius 1 is 0.489 bits per heavy atom. The summed E-state index contributed by atoms with van der Waals surface area (Å²) in [5, 5.41) is 0. The Morgan fingerprint density at radius 2 is 0.933 bits per heavy atom. The lowest BCUT2D eigenvalue weighted by Gasteiger charge is -2.32. The van der Waals surface area contributed by atoms with Gasteiger partial charge < -0.3 is 18.9 Å². The maximum absolute atomic E-state index is 12.0. The minimum atomic E-state index is -0.678. The number of carbonyl (C=O) groups is 4. The molecule has 1 aliphatic carbocycles. The van der Waals surface area contributed by atoms with Crippen molar-refractivity contribution in [3.63, 3.8) is 0 Å². The second-order valence-corrected chi connectivity index (χ2v) is 11.1. The highest BCUT2D eigenvalue weighted by atomic mass is 16.6. The van der Waals surface area contributed by atoms with E-state index < -0.39 is 29.3 Å². The molecule has 8 heteroatoms. The molecule has 0 radical (unpaired) electrons. The van der Waals surface area contributed by atoms with Crippen molar-refractivity contribution in [2.45, 2.75) is 18.3 Å². The highest BCUT2D eigenvalue weighted by Gasteiger charge is 2.41. The fraction of sp³-hybridized carbons (Fsp3) is 0.0811. The van der Waals surface area contributed by atoms with E-state index in [1.165, 1.54) is 35.4 Å². The first kappa shape index (κ1) is 26.6. The van der Waals surface area contributed by atoms with Crippen LogP contribution in [0.3, 0.4) is 0 Å². The molecule has 0 amide bonds. The van der Waals surface area contributed by atoms with Gasteiger partial charge in [-0.25, -0.2) is 19.2 Å². The third-order valence-electron chi connectivity index (χ3n) is 8.64. The second-order valence-electron chi connectivity index (χ2n) is 11.1. The molecule has 0 N–H and O–H groups in total. The van der Waals surface area contributed by atoms with E-state index in [2.05, 4.69) is 58.0 Å². The third-order valence-corrected chi connectivity index (χ3v) is 8.64. The molecular weight excluding hydrogens is 572 g/mol. The number of carbonyl (C=O) groups excluding carboxylic acids is 4.